The van der Waals surface area contributed by atoms with Crippen molar-refractivity contribution < 1.29 is 4.79 Å². The van der Waals surface area contributed by atoms with E-state index in [2.05, 4.69) is 22.1 Å². The molecule has 0 atom stereocenters. The van der Waals surface area contributed by atoms with Gasteiger partial charge in [0.1, 0.15) is 0 Å². The van der Waals surface area contributed by atoms with E-state index in [0.717, 1.165) is 47.7 Å². The number of aromatic nitrogens is 3. The molecule has 184 valence electrons. The zero-order valence-electron chi connectivity index (χ0n) is 21.1. The average Bonchev–Trinajstić information content (AvgIpc) is 3.67. The molecule has 3 heterocycles. The first-order valence-electron chi connectivity index (χ1n) is 13.8. The van der Waals surface area contributed by atoms with Crippen LogP contribution in [0, 0.1) is 11.8 Å². The zero-order valence-corrected chi connectivity index (χ0v) is 21.1. The van der Waals surface area contributed by atoms with E-state index in [1.165, 1.54) is 75.0 Å². The molecule has 0 radical (unpaired) electrons. The standard InChI is InChI=1S/C30H38N4O/c1-33-20-26-25(3-2-4-29(26)32-33)30(35)19-22-7-5-21(6-8-22)13-16-34-17-14-24-11-12-27(23-9-10-23)31-28(24)15-18-34/h2-4,11-12,20-23H,5-10,13-19H2,1H3. The number of fused-ring (bicyclic) bond motifs is 2. The molecule has 2 fully saturated rings. The maximum atomic E-state index is 13.1. The third kappa shape index (κ3) is 5.20. The van der Waals surface area contributed by atoms with Crippen LogP contribution in [0.1, 0.15) is 84.6 Å². The monoisotopic (exact) mass is 470 g/mol. The Morgan fingerprint density at radius 1 is 0.971 bits per heavy atom. The lowest BCUT2D eigenvalue weighted by Crippen LogP contribution is -2.29. The predicted octanol–water partition coefficient (Wildman–Crippen LogP) is 5.72. The highest BCUT2D eigenvalue weighted by Gasteiger charge is 2.27. The van der Waals surface area contributed by atoms with E-state index in [4.69, 9.17) is 4.98 Å². The van der Waals surface area contributed by atoms with Crippen molar-refractivity contribution in [3.05, 3.63) is 59.0 Å². The van der Waals surface area contributed by atoms with Gasteiger partial charge >= 0.3 is 0 Å². The second-order valence-electron chi connectivity index (χ2n) is 11.3. The Labute approximate surface area is 208 Å². The fourth-order valence-corrected chi connectivity index (χ4v) is 6.34. The van der Waals surface area contributed by atoms with Crippen molar-refractivity contribution >= 4 is 16.7 Å². The Morgan fingerprint density at radius 3 is 2.60 bits per heavy atom. The van der Waals surface area contributed by atoms with E-state index in [1.54, 1.807) is 4.68 Å². The van der Waals surface area contributed by atoms with Gasteiger partial charge in [0.2, 0.25) is 0 Å². The number of hydrogen-bond donors (Lipinski definition) is 0. The minimum absolute atomic E-state index is 0.287. The quantitative estimate of drug-likeness (QED) is 0.415. The molecule has 0 amide bonds. The van der Waals surface area contributed by atoms with E-state index in [-0.39, 0.29) is 5.78 Å². The number of pyridine rings is 1. The van der Waals surface area contributed by atoms with Crippen molar-refractivity contribution in [2.24, 2.45) is 18.9 Å². The Kier molecular flexibility index (Phi) is 6.44. The summed E-state index contributed by atoms with van der Waals surface area (Å²) in [7, 11) is 1.92. The Bertz CT molecular complexity index is 1200. The highest BCUT2D eigenvalue weighted by molar-refractivity contribution is 6.07. The van der Waals surface area contributed by atoms with Crippen LogP contribution in [-0.4, -0.2) is 45.1 Å². The maximum absolute atomic E-state index is 13.1. The first kappa shape index (κ1) is 22.9. The minimum Gasteiger partial charge on any atom is -0.303 e. The molecular formula is C30H38N4O. The van der Waals surface area contributed by atoms with Crippen LogP contribution >= 0.6 is 0 Å². The van der Waals surface area contributed by atoms with Crippen LogP contribution in [0.5, 0.6) is 0 Å². The normalized spacial score (nSPS) is 23.2. The van der Waals surface area contributed by atoms with Crippen molar-refractivity contribution in [1.29, 1.82) is 0 Å². The second-order valence-corrected chi connectivity index (χ2v) is 11.3. The summed E-state index contributed by atoms with van der Waals surface area (Å²) < 4.78 is 1.80. The van der Waals surface area contributed by atoms with Gasteiger partial charge in [-0.25, -0.2) is 0 Å². The van der Waals surface area contributed by atoms with Crippen molar-refractivity contribution in [1.82, 2.24) is 19.7 Å². The lowest BCUT2D eigenvalue weighted by Gasteiger charge is -2.30. The van der Waals surface area contributed by atoms with Crippen LogP contribution in [0.2, 0.25) is 0 Å². The smallest absolute Gasteiger partial charge is 0.163 e. The third-order valence-electron chi connectivity index (χ3n) is 8.71. The van der Waals surface area contributed by atoms with Gasteiger partial charge in [0.05, 0.1) is 5.52 Å². The van der Waals surface area contributed by atoms with E-state index in [0.29, 0.717) is 12.3 Å². The van der Waals surface area contributed by atoms with Crippen molar-refractivity contribution in [3.8, 4) is 0 Å². The van der Waals surface area contributed by atoms with Gasteiger partial charge < -0.3 is 4.90 Å². The molecule has 5 nitrogen and oxygen atoms in total. The molecule has 6 rings (SSSR count). The number of aryl methyl sites for hydroxylation is 1. The van der Waals surface area contributed by atoms with Gasteiger partial charge in [-0.2, -0.15) is 5.10 Å². The summed E-state index contributed by atoms with van der Waals surface area (Å²) in [6.07, 6.45) is 13.8. The lowest BCUT2D eigenvalue weighted by molar-refractivity contribution is 0.0942. The fourth-order valence-electron chi connectivity index (χ4n) is 6.34. The van der Waals surface area contributed by atoms with Crippen LogP contribution in [0.3, 0.4) is 0 Å². The van der Waals surface area contributed by atoms with Gasteiger partial charge in [0.15, 0.2) is 5.78 Å². The number of nitrogens with zero attached hydrogens (tertiary/aromatic N) is 4. The van der Waals surface area contributed by atoms with Crippen LogP contribution < -0.4 is 0 Å². The number of hydrogen-bond acceptors (Lipinski definition) is 4. The number of Topliss-reactive ketones (excluding diaryl/α,β-unsaturated/α-hetero) is 1. The number of benzene rings is 1. The minimum atomic E-state index is 0.287. The Hall–Kier alpha value is -2.53. The number of carbonyl (C=O) groups excluding carboxylic acids is 1. The van der Waals surface area contributed by atoms with E-state index in [1.807, 2.05) is 31.4 Å². The molecule has 2 aromatic heterocycles. The van der Waals surface area contributed by atoms with Crippen molar-refractivity contribution in [2.75, 3.05) is 19.6 Å². The number of carbonyl (C=O) groups is 1. The van der Waals surface area contributed by atoms with Gasteiger partial charge in [-0.3, -0.25) is 14.5 Å². The number of ketones is 1. The molecule has 1 aromatic carbocycles. The average molecular weight is 471 g/mol. The lowest BCUT2D eigenvalue weighted by atomic mass is 9.78. The van der Waals surface area contributed by atoms with Crippen molar-refractivity contribution in [2.45, 2.75) is 70.1 Å². The predicted molar refractivity (Wildman–Crippen MR) is 140 cm³/mol. The SMILES string of the molecule is Cn1cc2c(C(=O)CC3CCC(CCN4CCc5ccc(C6CC6)nc5CC4)CC3)cccc2n1. The van der Waals surface area contributed by atoms with Crippen LogP contribution in [0.25, 0.3) is 10.9 Å². The molecule has 0 spiro atoms. The molecule has 0 unspecified atom stereocenters. The summed E-state index contributed by atoms with van der Waals surface area (Å²) in [5.74, 6) is 2.38. The summed E-state index contributed by atoms with van der Waals surface area (Å²) in [6.45, 7) is 3.53. The fraction of sp³-hybridized carbons (Fsp3) is 0.567. The Balaban J connectivity index is 0.963. The van der Waals surface area contributed by atoms with Gasteiger partial charge in [-0.05, 0) is 74.6 Å². The first-order valence-corrected chi connectivity index (χ1v) is 13.8. The highest BCUT2D eigenvalue weighted by Crippen LogP contribution is 2.39. The highest BCUT2D eigenvalue weighted by atomic mass is 16.1. The molecule has 3 aromatic rings. The Morgan fingerprint density at radius 2 is 1.77 bits per heavy atom. The molecule has 3 aliphatic rings. The third-order valence-corrected chi connectivity index (χ3v) is 8.71. The van der Waals surface area contributed by atoms with Crippen molar-refractivity contribution in [3.63, 3.8) is 0 Å². The van der Waals surface area contributed by atoms with Crippen LogP contribution in [0.15, 0.2) is 36.5 Å². The summed E-state index contributed by atoms with van der Waals surface area (Å²) in [5.41, 5.74) is 5.94. The molecule has 2 saturated carbocycles. The van der Waals surface area contributed by atoms with E-state index in [9.17, 15) is 4.79 Å². The molecule has 1 aliphatic heterocycles. The largest absolute Gasteiger partial charge is 0.303 e. The van der Waals surface area contributed by atoms with Crippen LogP contribution in [-0.2, 0) is 19.9 Å². The molecule has 0 bridgehead atoms. The van der Waals surface area contributed by atoms with Gasteiger partial charge in [0, 0.05) is 67.4 Å². The van der Waals surface area contributed by atoms with Gasteiger partial charge in [-0.1, -0.05) is 31.0 Å². The molecular weight excluding hydrogens is 432 g/mol. The summed E-state index contributed by atoms with van der Waals surface area (Å²) in [5, 5.41) is 5.45. The molecule has 0 N–H and O–H groups in total. The molecule has 0 saturated heterocycles. The van der Waals surface area contributed by atoms with Gasteiger partial charge in [0.25, 0.3) is 0 Å². The second kappa shape index (κ2) is 9.85. The summed E-state index contributed by atoms with van der Waals surface area (Å²) in [6, 6.07) is 10.6. The van der Waals surface area contributed by atoms with Crippen LogP contribution in [0.4, 0.5) is 0 Å². The first-order chi connectivity index (χ1) is 17.1. The van der Waals surface area contributed by atoms with E-state index >= 15 is 0 Å². The topological polar surface area (TPSA) is 51.0 Å². The summed E-state index contributed by atoms with van der Waals surface area (Å²) >= 11 is 0. The van der Waals surface area contributed by atoms with E-state index < -0.39 is 0 Å². The zero-order chi connectivity index (χ0) is 23.8. The van der Waals surface area contributed by atoms with Gasteiger partial charge in [-0.15, -0.1) is 0 Å². The molecule has 5 heteroatoms. The molecule has 35 heavy (non-hydrogen) atoms. The summed E-state index contributed by atoms with van der Waals surface area (Å²) in [4.78, 5) is 20.8. The maximum Gasteiger partial charge on any atom is 0.163 e. The number of rotatable bonds is 7. The molecule has 2 aliphatic carbocycles.